The van der Waals surface area contributed by atoms with Crippen molar-refractivity contribution in [3.8, 4) is 5.75 Å². The first-order chi connectivity index (χ1) is 20.7. The normalized spacial score (nSPS) is 32.8. The van der Waals surface area contributed by atoms with Gasteiger partial charge in [0.15, 0.2) is 0 Å². The molecule has 3 aliphatic carbocycles. The fraction of sp³-hybridized carbons (Fsp3) is 0.559. The summed E-state index contributed by atoms with van der Waals surface area (Å²) in [6.07, 6.45) is 11.8. The number of aliphatic hydroxyl groups is 1. The summed E-state index contributed by atoms with van der Waals surface area (Å²) in [6.45, 7) is 1.94. The van der Waals surface area contributed by atoms with E-state index in [0.717, 1.165) is 62.2 Å². The third-order valence-corrected chi connectivity index (χ3v) is 12.6. The summed E-state index contributed by atoms with van der Waals surface area (Å²) < 4.78 is 35.9. The predicted octanol–water partition coefficient (Wildman–Crippen LogP) is 5.78. The number of anilines is 1. The second-order valence-electron chi connectivity index (χ2n) is 13.6. The third kappa shape index (κ3) is 5.83. The molecule has 2 heterocycles. The van der Waals surface area contributed by atoms with Gasteiger partial charge in [-0.2, -0.15) is 0 Å². The molecule has 230 valence electrons. The molecule has 0 aromatic heterocycles. The molecule has 2 bridgehead atoms. The van der Waals surface area contributed by atoms with Crippen molar-refractivity contribution >= 4 is 33.2 Å². The highest BCUT2D eigenvalue weighted by atomic mass is 35.5. The lowest BCUT2D eigenvalue weighted by molar-refractivity contribution is 0.0456. The van der Waals surface area contributed by atoms with Crippen LogP contribution in [0.1, 0.15) is 79.3 Å². The van der Waals surface area contributed by atoms with E-state index in [9.17, 15) is 18.3 Å². The van der Waals surface area contributed by atoms with Crippen LogP contribution in [-0.4, -0.2) is 50.5 Å². The Bertz CT molecular complexity index is 1540. The van der Waals surface area contributed by atoms with Crippen LogP contribution in [0.25, 0.3) is 0 Å². The zero-order valence-electron chi connectivity index (χ0n) is 24.5. The van der Waals surface area contributed by atoms with Gasteiger partial charge in [0.25, 0.3) is 5.91 Å². The first-order valence-electron chi connectivity index (χ1n) is 15.9. The molecule has 0 saturated heterocycles. The standard InChI is InChI=1S/C34H41ClN2O5S/c35-26-11-13-29-23(17-26)4-3-15-34(29)20-37-19-25-9-12-28(25)31(38)6-2-1-5-27(16-22-7-8-22)43(40,41)36-33(39)24-10-14-32(42-21-34)30(37)18-24/h2,6,10-11,13-14,17-18,22,25,27-28,31,38H,1,3-5,7-9,12,15-16,19-21H2,(H,36,39)/b6-2-/t25-,27-,28+,31+,34-/m0/s1. The molecule has 2 aromatic carbocycles. The van der Waals surface area contributed by atoms with Crippen LogP contribution in [0, 0.1) is 17.8 Å². The van der Waals surface area contributed by atoms with Crippen molar-refractivity contribution in [1.82, 2.24) is 4.72 Å². The summed E-state index contributed by atoms with van der Waals surface area (Å²) in [6, 6.07) is 11.5. The van der Waals surface area contributed by atoms with Gasteiger partial charge in [-0.05, 0) is 111 Å². The number of amides is 1. The van der Waals surface area contributed by atoms with Crippen molar-refractivity contribution in [3.63, 3.8) is 0 Å². The van der Waals surface area contributed by atoms with E-state index in [1.165, 1.54) is 11.1 Å². The summed E-state index contributed by atoms with van der Waals surface area (Å²) in [5, 5.41) is 11.3. The van der Waals surface area contributed by atoms with E-state index in [2.05, 4.69) is 21.8 Å². The summed E-state index contributed by atoms with van der Waals surface area (Å²) >= 11 is 6.40. The van der Waals surface area contributed by atoms with E-state index in [-0.39, 0.29) is 11.3 Å². The Labute approximate surface area is 259 Å². The van der Waals surface area contributed by atoms with Gasteiger partial charge >= 0.3 is 0 Å². The van der Waals surface area contributed by atoms with E-state index in [1.807, 2.05) is 24.3 Å². The van der Waals surface area contributed by atoms with Crippen LogP contribution in [0.2, 0.25) is 5.02 Å². The predicted molar refractivity (Wildman–Crippen MR) is 168 cm³/mol. The average Bonchev–Trinajstić information content (AvgIpc) is 3.79. The molecule has 2 saturated carbocycles. The Morgan fingerprint density at radius 2 is 1.95 bits per heavy atom. The average molecular weight is 625 g/mol. The molecule has 2 aromatic rings. The van der Waals surface area contributed by atoms with Crippen molar-refractivity contribution < 1.29 is 23.1 Å². The molecule has 1 amide bonds. The SMILES string of the molecule is O=C1NS(=O)(=O)[C@H](CC2CC2)CC/C=C\[C@@H](O)[C@@H]2CC[C@H]2CN2C[C@@]3(CCCc4cc(Cl)ccc43)COc3ccc1cc32. The van der Waals surface area contributed by atoms with Crippen molar-refractivity contribution in [1.29, 1.82) is 0 Å². The highest BCUT2D eigenvalue weighted by Crippen LogP contribution is 2.47. The fourth-order valence-electron chi connectivity index (χ4n) is 7.87. The molecule has 2 fully saturated rings. The smallest absolute Gasteiger partial charge is 0.264 e. The molecular formula is C34H41ClN2O5S. The molecule has 7 nitrogen and oxygen atoms in total. The van der Waals surface area contributed by atoms with Gasteiger partial charge in [-0.3, -0.25) is 4.79 Å². The highest BCUT2D eigenvalue weighted by Gasteiger charge is 2.44. The Morgan fingerprint density at radius 3 is 2.74 bits per heavy atom. The summed E-state index contributed by atoms with van der Waals surface area (Å²) in [7, 11) is -3.88. The molecule has 7 rings (SSSR count). The Balaban J connectivity index is 1.27. The second-order valence-corrected chi connectivity index (χ2v) is 16.0. The zero-order chi connectivity index (χ0) is 29.8. The molecule has 0 radical (unpaired) electrons. The molecule has 43 heavy (non-hydrogen) atoms. The van der Waals surface area contributed by atoms with E-state index in [4.69, 9.17) is 16.3 Å². The molecule has 5 aliphatic rings. The molecular weight excluding hydrogens is 584 g/mol. The largest absolute Gasteiger partial charge is 0.490 e. The van der Waals surface area contributed by atoms with E-state index in [0.29, 0.717) is 55.6 Å². The Kier molecular flexibility index (Phi) is 7.75. The van der Waals surface area contributed by atoms with Crippen LogP contribution in [0.5, 0.6) is 5.75 Å². The lowest BCUT2D eigenvalue weighted by Gasteiger charge is -2.45. The van der Waals surface area contributed by atoms with Crippen molar-refractivity contribution in [2.75, 3.05) is 24.6 Å². The van der Waals surface area contributed by atoms with E-state index in [1.54, 1.807) is 12.1 Å². The number of sulfonamides is 1. The molecule has 1 spiro atoms. The van der Waals surface area contributed by atoms with Gasteiger partial charge in [0.05, 0.1) is 23.6 Å². The lowest BCUT2D eigenvalue weighted by Crippen LogP contribution is -2.49. The molecule has 0 unspecified atom stereocenters. The van der Waals surface area contributed by atoms with Gasteiger partial charge in [-0.15, -0.1) is 0 Å². The molecule has 5 atom stereocenters. The number of aliphatic hydroxyl groups excluding tert-OH is 1. The first kappa shape index (κ1) is 29.2. The number of allylic oxidation sites excluding steroid dienone is 1. The minimum atomic E-state index is -3.88. The van der Waals surface area contributed by atoms with Gasteiger partial charge < -0.3 is 14.7 Å². The summed E-state index contributed by atoms with van der Waals surface area (Å²) in [5.41, 5.74) is 3.39. The highest BCUT2D eigenvalue weighted by molar-refractivity contribution is 7.90. The van der Waals surface area contributed by atoms with E-state index < -0.39 is 27.3 Å². The monoisotopic (exact) mass is 624 g/mol. The molecule has 2 aliphatic heterocycles. The number of hydrogen-bond donors (Lipinski definition) is 2. The fourth-order valence-corrected chi connectivity index (χ4v) is 9.58. The summed E-state index contributed by atoms with van der Waals surface area (Å²) in [5.74, 6) is 0.937. The van der Waals surface area contributed by atoms with Crippen LogP contribution in [0.3, 0.4) is 0 Å². The van der Waals surface area contributed by atoms with Crippen molar-refractivity contribution in [2.45, 2.75) is 81.0 Å². The third-order valence-electron chi connectivity index (χ3n) is 10.6. The second kappa shape index (κ2) is 11.4. The number of fused-ring (bicyclic) bond motifs is 4. The van der Waals surface area contributed by atoms with Crippen LogP contribution in [0.15, 0.2) is 48.6 Å². The number of benzene rings is 2. The quantitative estimate of drug-likeness (QED) is 0.412. The van der Waals surface area contributed by atoms with Gasteiger partial charge in [-0.25, -0.2) is 13.1 Å². The maximum Gasteiger partial charge on any atom is 0.264 e. The summed E-state index contributed by atoms with van der Waals surface area (Å²) in [4.78, 5) is 15.8. The number of ether oxygens (including phenoxy) is 1. The number of hydrogen-bond acceptors (Lipinski definition) is 6. The van der Waals surface area contributed by atoms with Gasteiger partial charge in [0.2, 0.25) is 10.0 Å². The van der Waals surface area contributed by atoms with Crippen molar-refractivity contribution in [3.05, 3.63) is 70.3 Å². The number of rotatable bonds is 2. The number of carbonyl (C=O) groups excluding carboxylic acids is 1. The maximum absolute atomic E-state index is 13.5. The zero-order valence-corrected chi connectivity index (χ0v) is 26.1. The number of nitrogens with zero attached hydrogens (tertiary/aromatic N) is 1. The Hall–Kier alpha value is -2.55. The number of carbonyl (C=O) groups is 1. The van der Waals surface area contributed by atoms with Gasteiger partial charge in [0, 0.05) is 29.1 Å². The Morgan fingerprint density at radius 1 is 1.09 bits per heavy atom. The number of nitrogens with one attached hydrogen (secondary N) is 1. The minimum absolute atomic E-state index is 0.141. The lowest BCUT2D eigenvalue weighted by atomic mass is 9.68. The molecule has 2 N–H and O–H groups in total. The van der Waals surface area contributed by atoms with Gasteiger partial charge in [0.1, 0.15) is 5.75 Å². The van der Waals surface area contributed by atoms with Crippen LogP contribution in [-0.2, 0) is 21.9 Å². The van der Waals surface area contributed by atoms with E-state index >= 15 is 0 Å². The van der Waals surface area contributed by atoms with Crippen LogP contribution < -0.4 is 14.4 Å². The topological polar surface area (TPSA) is 95.9 Å². The number of halogens is 1. The molecule has 9 heteroatoms. The van der Waals surface area contributed by atoms with Crippen molar-refractivity contribution in [2.24, 2.45) is 17.8 Å². The maximum atomic E-state index is 13.5. The van der Waals surface area contributed by atoms with Crippen LogP contribution >= 0.6 is 11.6 Å². The van der Waals surface area contributed by atoms with Gasteiger partial charge in [-0.1, -0.05) is 42.7 Å². The first-order valence-corrected chi connectivity index (χ1v) is 17.8. The minimum Gasteiger partial charge on any atom is -0.490 e. The number of aryl methyl sites for hydroxylation is 1. The van der Waals surface area contributed by atoms with Crippen LogP contribution in [0.4, 0.5) is 5.69 Å².